The summed E-state index contributed by atoms with van der Waals surface area (Å²) in [6.45, 7) is 1.44. The van der Waals surface area contributed by atoms with Gasteiger partial charge in [0.1, 0.15) is 12.9 Å². The zero-order valence-electron chi connectivity index (χ0n) is 12.3. The van der Waals surface area contributed by atoms with Gasteiger partial charge in [-0.25, -0.2) is 9.67 Å². The van der Waals surface area contributed by atoms with Gasteiger partial charge in [-0.2, -0.15) is 0 Å². The second-order valence-electron chi connectivity index (χ2n) is 5.08. The van der Waals surface area contributed by atoms with Crippen LogP contribution >= 0.6 is 0 Å². The summed E-state index contributed by atoms with van der Waals surface area (Å²) in [6.07, 6.45) is 1.44. The van der Waals surface area contributed by atoms with Gasteiger partial charge in [-0.3, -0.25) is 4.79 Å². The Morgan fingerprint density at radius 3 is 2.67 bits per heavy atom. The summed E-state index contributed by atoms with van der Waals surface area (Å²) in [6, 6.07) is 8.06. The van der Waals surface area contributed by atoms with Crippen molar-refractivity contribution < 1.29 is 4.79 Å². The van der Waals surface area contributed by atoms with Crippen molar-refractivity contribution in [2.24, 2.45) is 0 Å². The number of nitrogens with one attached hydrogen (secondary N) is 1. The fraction of sp³-hybridized carbons (Fsp3) is 0.357. The van der Waals surface area contributed by atoms with Crippen LogP contribution in [0.25, 0.3) is 0 Å². The molecule has 0 unspecified atom stereocenters. The predicted molar refractivity (Wildman–Crippen MR) is 80.1 cm³/mol. The number of benzene rings is 1. The molecule has 2 aromatic rings. The summed E-state index contributed by atoms with van der Waals surface area (Å²) in [5.74, 6) is 0.0404. The zero-order valence-corrected chi connectivity index (χ0v) is 12.3. The predicted octanol–water partition coefficient (Wildman–Crippen LogP) is 0.238. The first kappa shape index (κ1) is 15.0. The van der Waals surface area contributed by atoms with Crippen LogP contribution in [0, 0.1) is 0 Å². The van der Waals surface area contributed by atoms with Crippen molar-refractivity contribution in [2.45, 2.75) is 19.6 Å². The molecule has 7 heteroatoms. The number of hydrogen-bond donors (Lipinski definition) is 2. The minimum absolute atomic E-state index is 0.111. The first-order chi connectivity index (χ1) is 10.0. The summed E-state index contributed by atoms with van der Waals surface area (Å²) in [5, 5.41) is 6.76. The van der Waals surface area contributed by atoms with Crippen LogP contribution in [0.15, 0.2) is 30.6 Å². The summed E-state index contributed by atoms with van der Waals surface area (Å²) in [5.41, 5.74) is 7.72. The highest BCUT2D eigenvalue weighted by Gasteiger charge is 2.07. The number of nitrogens with two attached hydrogens (primary N) is 1. The van der Waals surface area contributed by atoms with Crippen molar-refractivity contribution >= 4 is 11.9 Å². The average molecular weight is 288 g/mol. The van der Waals surface area contributed by atoms with E-state index >= 15 is 0 Å². The lowest BCUT2D eigenvalue weighted by atomic mass is 10.1. The lowest BCUT2D eigenvalue weighted by molar-refractivity contribution is -0.122. The van der Waals surface area contributed by atoms with E-state index in [2.05, 4.69) is 26.4 Å². The third-order valence-corrected chi connectivity index (χ3v) is 2.94. The van der Waals surface area contributed by atoms with E-state index in [0.29, 0.717) is 6.54 Å². The molecule has 0 aliphatic rings. The number of hydrogen-bond acceptors (Lipinski definition) is 5. The smallest absolute Gasteiger partial charge is 0.242 e. The Morgan fingerprint density at radius 1 is 1.33 bits per heavy atom. The minimum atomic E-state index is -0.125. The van der Waals surface area contributed by atoms with Crippen LogP contribution < -0.4 is 11.1 Å². The lowest BCUT2D eigenvalue weighted by Gasteiger charge is -2.14. The van der Waals surface area contributed by atoms with Gasteiger partial charge in [0.2, 0.25) is 11.9 Å². The van der Waals surface area contributed by atoms with Crippen molar-refractivity contribution in [1.29, 1.82) is 0 Å². The fourth-order valence-electron chi connectivity index (χ4n) is 2.01. The van der Waals surface area contributed by atoms with E-state index in [9.17, 15) is 4.79 Å². The first-order valence-electron chi connectivity index (χ1n) is 6.67. The van der Waals surface area contributed by atoms with Crippen LogP contribution in [-0.2, 0) is 24.4 Å². The van der Waals surface area contributed by atoms with E-state index in [1.807, 2.05) is 32.3 Å². The zero-order chi connectivity index (χ0) is 15.2. The average Bonchev–Trinajstić information content (AvgIpc) is 2.82. The van der Waals surface area contributed by atoms with Crippen molar-refractivity contribution in [1.82, 2.24) is 25.0 Å². The first-order valence-corrected chi connectivity index (χ1v) is 6.67. The molecule has 2 rings (SSSR count). The molecular weight excluding hydrogens is 268 g/mol. The van der Waals surface area contributed by atoms with Crippen LogP contribution in [0.4, 0.5) is 5.95 Å². The molecule has 21 heavy (non-hydrogen) atoms. The van der Waals surface area contributed by atoms with E-state index in [-0.39, 0.29) is 18.4 Å². The Bertz CT molecular complexity index is 607. The number of anilines is 1. The number of amides is 1. The molecule has 0 bridgehead atoms. The molecule has 0 saturated heterocycles. The number of aromatic nitrogens is 3. The topological polar surface area (TPSA) is 89.1 Å². The molecule has 7 nitrogen and oxygen atoms in total. The Balaban J connectivity index is 1.92. The highest BCUT2D eigenvalue weighted by molar-refractivity contribution is 5.75. The quantitative estimate of drug-likeness (QED) is 0.795. The molecule has 0 fully saturated rings. The van der Waals surface area contributed by atoms with Gasteiger partial charge in [0.15, 0.2) is 0 Å². The van der Waals surface area contributed by atoms with Gasteiger partial charge in [-0.05, 0) is 25.2 Å². The maximum absolute atomic E-state index is 11.9. The van der Waals surface area contributed by atoms with Crippen LogP contribution in [-0.4, -0.2) is 39.7 Å². The van der Waals surface area contributed by atoms with Gasteiger partial charge < -0.3 is 16.0 Å². The molecule has 1 aromatic carbocycles. The van der Waals surface area contributed by atoms with Crippen molar-refractivity contribution in [3.05, 3.63) is 41.7 Å². The summed E-state index contributed by atoms with van der Waals surface area (Å²) < 4.78 is 1.41. The summed E-state index contributed by atoms with van der Waals surface area (Å²) in [4.78, 5) is 17.8. The summed E-state index contributed by atoms with van der Waals surface area (Å²) in [7, 11) is 4.04. The second kappa shape index (κ2) is 6.85. The number of carbonyl (C=O) groups excluding carboxylic acids is 1. The number of carbonyl (C=O) groups is 1. The van der Waals surface area contributed by atoms with Gasteiger partial charge in [0.05, 0.1) is 0 Å². The molecule has 1 heterocycles. The van der Waals surface area contributed by atoms with E-state index in [1.165, 1.54) is 16.6 Å². The molecule has 0 atom stereocenters. The third-order valence-electron chi connectivity index (χ3n) is 2.94. The van der Waals surface area contributed by atoms with Gasteiger partial charge in [-0.15, -0.1) is 5.10 Å². The van der Waals surface area contributed by atoms with Gasteiger partial charge in [0, 0.05) is 13.1 Å². The molecule has 0 radical (unpaired) electrons. The Hall–Kier alpha value is -2.41. The number of nitrogens with zero attached hydrogens (tertiary/aromatic N) is 4. The van der Waals surface area contributed by atoms with E-state index < -0.39 is 0 Å². The fourth-order valence-corrected chi connectivity index (χ4v) is 2.01. The van der Waals surface area contributed by atoms with Gasteiger partial charge >= 0.3 is 0 Å². The van der Waals surface area contributed by atoms with E-state index in [4.69, 9.17) is 5.73 Å². The van der Waals surface area contributed by atoms with E-state index in [1.54, 1.807) is 0 Å². The molecule has 112 valence electrons. The molecular formula is C14H20N6O. The molecule has 0 saturated carbocycles. The molecule has 1 amide bonds. The van der Waals surface area contributed by atoms with Crippen molar-refractivity contribution in [2.75, 3.05) is 19.8 Å². The number of rotatable bonds is 6. The molecule has 0 aliphatic heterocycles. The van der Waals surface area contributed by atoms with Gasteiger partial charge in [-0.1, -0.05) is 24.3 Å². The second-order valence-corrected chi connectivity index (χ2v) is 5.08. The normalized spacial score (nSPS) is 10.8. The van der Waals surface area contributed by atoms with Crippen molar-refractivity contribution in [3.8, 4) is 0 Å². The van der Waals surface area contributed by atoms with Crippen LogP contribution in [0.3, 0.4) is 0 Å². The molecule has 0 spiro atoms. The Kier molecular flexibility index (Phi) is 4.89. The minimum Gasteiger partial charge on any atom is -0.367 e. The number of nitrogen functional groups attached to an aromatic ring is 1. The lowest BCUT2D eigenvalue weighted by Crippen LogP contribution is -2.28. The maximum atomic E-state index is 11.9. The molecule has 0 aliphatic carbocycles. The van der Waals surface area contributed by atoms with E-state index in [0.717, 1.165) is 12.1 Å². The monoisotopic (exact) mass is 288 g/mol. The third kappa shape index (κ3) is 4.57. The Morgan fingerprint density at radius 2 is 2.05 bits per heavy atom. The molecule has 1 aromatic heterocycles. The maximum Gasteiger partial charge on any atom is 0.242 e. The Labute approximate surface area is 123 Å². The molecule has 3 N–H and O–H groups in total. The largest absolute Gasteiger partial charge is 0.367 e. The van der Waals surface area contributed by atoms with Crippen LogP contribution in [0.2, 0.25) is 0 Å². The van der Waals surface area contributed by atoms with Crippen LogP contribution in [0.1, 0.15) is 11.1 Å². The standard InChI is InChI=1S/C14H20N6O/c1-19(2)8-12-6-4-3-5-11(12)7-16-13(21)9-20-10-17-14(15)18-20/h3-6,10H,7-9H2,1-2H3,(H2,15,18)(H,16,21). The van der Waals surface area contributed by atoms with Crippen LogP contribution in [0.5, 0.6) is 0 Å². The SMILES string of the molecule is CN(C)Cc1ccccc1CNC(=O)Cn1cnc(N)n1. The van der Waals surface area contributed by atoms with Crippen molar-refractivity contribution in [3.63, 3.8) is 0 Å². The summed E-state index contributed by atoms with van der Waals surface area (Å²) >= 11 is 0. The highest BCUT2D eigenvalue weighted by Crippen LogP contribution is 2.10. The van der Waals surface area contributed by atoms with Gasteiger partial charge in [0.25, 0.3) is 0 Å². The highest BCUT2D eigenvalue weighted by atomic mass is 16.2.